The number of aromatic amines is 1. The first-order chi connectivity index (χ1) is 13.3. The van der Waals surface area contributed by atoms with Crippen molar-refractivity contribution < 1.29 is 5.11 Å². The molecule has 1 atom stereocenters. The fourth-order valence-electron chi connectivity index (χ4n) is 3.65. The standard InChI is InChI=1S/C19H21N7O/c27-18-7-13(14-8-22-23-9-14)3-4-15(18)16-10-21-19(25-24-16)26-6-5-20-17(11-26)12-1-2-12/h3-4,7-10,12,17,20,27H,1-2,5-6,11H2,(H,22,23)/t17-/m1/s1. The van der Waals surface area contributed by atoms with Crippen LogP contribution in [0.2, 0.25) is 0 Å². The number of aromatic nitrogens is 5. The molecule has 3 N–H and O–H groups in total. The molecule has 2 aliphatic rings. The molecule has 1 aliphatic carbocycles. The summed E-state index contributed by atoms with van der Waals surface area (Å²) in [6, 6.07) is 5.98. The van der Waals surface area contributed by atoms with Gasteiger partial charge in [-0.2, -0.15) is 5.10 Å². The number of phenols is 1. The number of piperazine rings is 1. The molecule has 0 bridgehead atoms. The lowest BCUT2D eigenvalue weighted by Crippen LogP contribution is -2.52. The number of anilines is 1. The minimum atomic E-state index is 0.147. The number of hydrogen-bond acceptors (Lipinski definition) is 7. The summed E-state index contributed by atoms with van der Waals surface area (Å²) in [6.45, 7) is 2.76. The molecule has 1 aliphatic heterocycles. The molecule has 0 amide bonds. The van der Waals surface area contributed by atoms with E-state index in [1.807, 2.05) is 12.1 Å². The van der Waals surface area contributed by atoms with Crippen LogP contribution < -0.4 is 10.2 Å². The minimum absolute atomic E-state index is 0.147. The average molecular weight is 363 g/mol. The van der Waals surface area contributed by atoms with Crippen molar-refractivity contribution in [3.8, 4) is 28.1 Å². The van der Waals surface area contributed by atoms with Gasteiger partial charge in [-0.3, -0.25) is 5.10 Å². The Kier molecular flexibility index (Phi) is 3.97. The highest BCUT2D eigenvalue weighted by Gasteiger charge is 2.34. The van der Waals surface area contributed by atoms with E-state index in [4.69, 9.17) is 0 Å². The molecule has 1 saturated carbocycles. The Morgan fingerprint density at radius 2 is 2.04 bits per heavy atom. The average Bonchev–Trinajstić information content (AvgIpc) is 3.42. The zero-order chi connectivity index (χ0) is 18.2. The van der Waals surface area contributed by atoms with Crippen molar-refractivity contribution in [1.29, 1.82) is 0 Å². The Hall–Kier alpha value is -3.00. The van der Waals surface area contributed by atoms with Crippen molar-refractivity contribution >= 4 is 5.95 Å². The van der Waals surface area contributed by atoms with Crippen LogP contribution >= 0.6 is 0 Å². The van der Waals surface area contributed by atoms with Crippen molar-refractivity contribution in [3.05, 3.63) is 36.8 Å². The molecule has 2 fully saturated rings. The minimum Gasteiger partial charge on any atom is -0.507 e. The Labute approximate surface area is 156 Å². The molecule has 1 aromatic carbocycles. The molecule has 0 spiro atoms. The van der Waals surface area contributed by atoms with E-state index in [0.29, 0.717) is 23.2 Å². The van der Waals surface area contributed by atoms with Gasteiger partial charge in [0.25, 0.3) is 0 Å². The van der Waals surface area contributed by atoms with E-state index >= 15 is 0 Å². The van der Waals surface area contributed by atoms with Crippen LogP contribution in [0.3, 0.4) is 0 Å². The lowest BCUT2D eigenvalue weighted by molar-refractivity contribution is 0.414. The monoisotopic (exact) mass is 363 g/mol. The molecular formula is C19H21N7O. The predicted octanol–water partition coefficient (Wildman–Crippen LogP) is 1.82. The topological polar surface area (TPSA) is 103 Å². The third kappa shape index (κ3) is 3.23. The fourth-order valence-corrected chi connectivity index (χ4v) is 3.65. The highest BCUT2D eigenvalue weighted by molar-refractivity contribution is 5.73. The highest BCUT2D eigenvalue weighted by Crippen LogP contribution is 2.34. The SMILES string of the molecule is Oc1cc(-c2cn[nH]c2)ccc1-c1cnc(N2CCN[C@@H](C3CC3)C2)nn1. The normalized spacial score (nSPS) is 20.0. The van der Waals surface area contributed by atoms with Crippen molar-refractivity contribution in [3.63, 3.8) is 0 Å². The summed E-state index contributed by atoms with van der Waals surface area (Å²) in [7, 11) is 0. The van der Waals surface area contributed by atoms with Gasteiger partial charge >= 0.3 is 0 Å². The Morgan fingerprint density at radius 1 is 1.11 bits per heavy atom. The van der Waals surface area contributed by atoms with E-state index < -0.39 is 0 Å². The Morgan fingerprint density at radius 3 is 2.74 bits per heavy atom. The Balaban J connectivity index is 1.35. The van der Waals surface area contributed by atoms with Crippen LogP contribution in [0.15, 0.2) is 36.8 Å². The first-order valence-corrected chi connectivity index (χ1v) is 9.28. The van der Waals surface area contributed by atoms with Gasteiger partial charge < -0.3 is 15.3 Å². The number of phenolic OH excluding ortho intramolecular Hbond substituents is 1. The van der Waals surface area contributed by atoms with Crippen LogP contribution in [0.4, 0.5) is 5.95 Å². The summed E-state index contributed by atoms with van der Waals surface area (Å²) in [5.41, 5.74) is 2.98. The summed E-state index contributed by atoms with van der Waals surface area (Å²) >= 11 is 0. The van der Waals surface area contributed by atoms with Gasteiger partial charge in [0.1, 0.15) is 11.4 Å². The molecular weight excluding hydrogens is 342 g/mol. The second-order valence-electron chi connectivity index (χ2n) is 7.21. The second-order valence-corrected chi connectivity index (χ2v) is 7.21. The first-order valence-electron chi connectivity index (χ1n) is 9.28. The molecule has 0 unspecified atom stereocenters. The number of benzene rings is 1. The molecule has 27 heavy (non-hydrogen) atoms. The van der Waals surface area contributed by atoms with Crippen molar-refractivity contribution in [2.24, 2.45) is 5.92 Å². The van der Waals surface area contributed by atoms with Crippen LogP contribution in [0.1, 0.15) is 12.8 Å². The molecule has 138 valence electrons. The quantitative estimate of drug-likeness (QED) is 0.650. The molecule has 3 aromatic rings. The maximum Gasteiger partial charge on any atom is 0.245 e. The number of rotatable bonds is 4. The molecule has 1 saturated heterocycles. The lowest BCUT2D eigenvalue weighted by atomic mass is 10.0. The van der Waals surface area contributed by atoms with Gasteiger partial charge in [0.15, 0.2) is 0 Å². The van der Waals surface area contributed by atoms with Gasteiger partial charge in [-0.15, -0.1) is 10.2 Å². The molecule has 0 radical (unpaired) electrons. The van der Waals surface area contributed by atoms with E-state index in [9.17, 15) is 5.11 Å². The van der Waals surface area contributed by atoms with Gasteiger partial charge in [-0.25, -0.2) is 4.98 Å². The smallest absolute Gasteiger partial charge is 0.245 e. The van der Waals surface area contributed by atoms with Crippen molar-refractivity contribution in [2.45, 2.75) is 18.9 Å². The van der Waals surface area contributed by atoms with E-state index in [0.717, 1.165) is 36.7 Å². The third-order valence-electron chi connectivity index (χ3n) is 5.33. The third-order valence-corrected chi connectivity index (χ3v) is 5.33. The fraction of sp³-hybridized carbons (Fsp3) is 0.368. The lowest BCUT2D eigenvalue weighted by Gasteiger charge is -2.33. The van der Waals surface area contributed by atoms with E-state index in [-0.39, 0.29) is 5.75 Å². The summed E-state index contributed by atoms with van der Waals surface area (Å²) in [4.78, 5) is 6.70. The summed E-state index contributed by atoms with van der Waals surface area (Å²) in [6.07, 6.45) is 7.82. The number of aromatic hydroxyl groups is 1. The second kappa shape index (κ2) is 6.62. The molecule has 3 heterocycles. The highest BCUT2D eigenvalue weighted by atomic mass is 16.3. The molecule has 8 nitrogen and oxygen atoms in total. The largest absolute Gasteiger partial charge is 0.507 e. The van der Waals surface area contributed by atoms with Gasteiger partial charge in [0.05, 0.1) is 12.4 Å². The van der Waals surface area contributed by atoms with Crippen LogP contribution in [-0.2, 0) is 0 Å². The number of nitrogens with one attached hydrogen (secondary N) is 2. The first kappa shape index (κ1) is 16.2. The molecule has 5 rings (SSSR count). The van der Waals surface area contributed by atoms with Crippen molar-refractivity contribution in [2.75, 3.05) is 24.5 Å². The summed E-state index contributed by atoms with van der Waals surface area (Å²) < 4.78 is 0. The van der Waals surface area contributed by atoms with Crippen LogP contribution in [0.25, 0.3) is 22.4 Å². The van der Waals surface area contributed by atoms with Crippen LogP contribution in [0.5, 0.6) is 5.75 Å². The maximum atomic E-state index is 10.4. The summed E-state index contributed by atoms with van der Waals surface area (Å²) in [5.74, 6) is 1.60. The van der Waals surface area contributed by atoms with Gasteiger partial charge in [0.2, 0.25) is 5.95 Å². The number of hydrogen-bond donors (Lipinski definition) is 3. The van der Waals surface area contributed by atoms with E-state index in [1.165, 1.54) is 12.8 Å². The Bertz CT molecular complexity index is 922. The zero-order valence-electron chi connectivity index (χ0n) is 14.8. The number of nitrogens with zero attached hydrogens (tertiary/aromatic N) is 5. The molecule has 8 heteroatoms. The zero-order valence-corrected chi connectivity index (χ0v) is 14.8. The predicted molar refractivity (Wildman–Crippen MR) is 101 cm³/mol. The van der Waals surface area contributed by atoms with Gasteiger partial charge in [0, 0.05) is 43.0 Å². The van der Waals surface area contributed by atoms with Crippen LogP contribution in [-0.4, -0.2) is 56.2 Å². The number of H-pyrrole nitrogens is 1. The molecule has 2 aromatic heterocycles. The van der Waals surface area contributed by atoms with Crippen molar-refractivity contribution in [1.82, 2.24) is 30.7 Å². The van der Waals surface area contributed by atoms with E-state index in [1.54, 1.807) is 24.7 Å². The van der Waals surface area contributed by atoms with Gasteiger partial charge in [-0.1, -0.05) is 6.07 Å². The van der Waals surface area contributed by atoms with Gasteiger partial charge in [-0.05, 0) is 36.5 Å². The van der Waals surface area contributed by atoms with E-state index in [2.05, 4.69) is 35.6 Å². The van der Waals surface area contributed by atoms with Crippen LogP contribution in [0, 0.1) is 5.92 Å². The maximum absolute atomic E-state index is 10.4. The summed E-state index contributed by atoms with van der Waals surface area (Å²) in [5, 5.41) is 29.3.